The topological polar surface area (TPSA) is 47.4 Å². The second-order valence-corrected chi connectivity index (χ2v) is 4.49. The SMILES string of the molecule is CN(C(=O)c1cc2n(n1)CCCO2)c1ccccc1. The van der Waals surface area contributed by atoms with Gasteiger partial charge in [0.05, 0.1) is 6.61 Å². The summed E-state index contributed by atoms with van der Waals surface area (Å²) in [7, 11) is 1.75. The van der Waals surface area contributed by atoms with E-state index in [1.165, 1.54) is 0 Å². The van der Waals surface area contributed by atoms with Crippen LogP contribution in [0.5, 0.6) is 5.88 Å². The van der Waals surface area contributed by atoms with E-state index in [2.05, 4.69) is 5.10 Å². The van der Waals surface area contributed by atoms with Crippen molar-refractivity contribution in [3.05, 3.63) is 42.1 Å². The van der Waals surface area contributed by atoms with Gasteiger partial charge >= 0.3 is 0 Å². The molecule has 1 amide bonds. The molecule has 0 N–H and O–H groups in total. The maximum Gasteiger partial charge on any atom is 0.278 e. The van der Waals surface area contributed by atoms with E-state index < -0.39 is 0 Å². The number of hydrogen-bond donors (Lipinski definition) is 0. The van der Waals surface area contributed by atoms with Crippen LogP contribution in [0.3, 0.4) is 0 Å². The van der Waals surface area contributed by atoms with Crippen LogP contribution in [-0.2, 0) is 6.54 Å². The Hall–Kier alpha value is -2.30. The first-order chi connectivity index (χ1) is 9.25. The van der Waals surface area contributed by atoms with Gasteiger partial charge in [0.2, 0.25) is 5.88 Å². The van der Waals surface area contributed by atoms with Crippen LogP contribution in [0.2, 0.25) is 0 Å². The molecule has 0 unspecified atom stereocenters. The molecule has 5 nitrogen and oxygen atoms in total. The molecule has 98 valence electrons. The van der Waals surface area contributed by atoms with Gasteiger partial charge in [-0.2, -0.15) is 5.10 Å². The van der Waals surface area contributed by atoms with Gasteiger partial charge in [0.15, 0.2) is 5.69 Å². The summed E-state index contributed by atoms with van der Waals surface area (Å²) in [5.74, 6) is 0.549. The molecule has 19 heavy (non-hydrogen) atoms. The molecule has 2 heterocycles. The van der Waals surface area contributed by atoms with E-state index in [-0.39, 0.29) is 5.91 Å². The third kappa shape index (κ3) is 2.19. The lowest BCUT2D eigenvalue weighted by Gasteiger charge is -2.15. The summed E-state index contributed by atoms with van der Waals surface area (Å²) in [5, 5.41) is 4.30. The second kappa shape index (κ2) is 4.76. The molecule has 3 rings (SSSR count). The summed E-state index contributed by atoms with van der Waals surface area (Å²) < 4.78 is 7.22. The summed E-state index contributed by atoms with van der Waals surface area (Å²) in [6.45, 7) is 1.49. The first-order valence-corrected chi connectivity index (χ1v) is 6.29. The molecule has 1 aromatic carbocycles. The van der Waals surface area contributed by atoms with Crippen LogP contribution in [-0.4, -0.2) is 29.3 Å². The van der Waals surface area contributed by atoms with Crippen molar-refractivity contribution in [2.24, 2.45) is 0 Å². The minimum absolute atomic E-state index is 0.128. The first kappa shape index (κ1) is 11.8. The number of aromatic nitrogens is 2. The third-order valence-electron chi connectivity index (χ3n) is 3.17. The smallest absolute Gasteiger partial charge is 0.278 e. The summed E-state index contributed by atoms with van der Waals surface area (Å²) >= 11 is 0. The van der Waals surface area contributed by atoms with Gasteiger partial charge in [-0.1, -0.05) is 18.2 Å². The highest BCUT2D eigenvalue weighted by atomic mass is 16.5. The molecule has 0 fully saturated rings. The van der Waals surface area contributed by atoms with E-state index in [1.807, 2.05) is 30.3 Å². The van der Waals surface area contributed by atoms with Crippen LogP contribution in [0.15, 0.2) is 36.4 Å². The van der Waals surface area contributed by atoms with Crippen molar-refractivity contribution in [2.75, 3.05) is 18.6 Å². The Labute approximate surface area is 111 Å². The van der Waals surface area contributed by atoms with Gasteiger partial charge in [0.1, 0.15) is 0 Å². The quantitative estimate of drug-likeness (QED) is 0.826. The molecule has 0 saturated heterocycles. The van der Waals surface area contributed by atoms with Gasteiger partial charge in [-0.15, -0.1) is 0 Å². The van der Waals surface area contributed by atoms with E-state index in [1.54, 1.807) is 22.7 Å². The number of benzene rings is 1. The molecule has 0 bridgehead atoms. The number of amides is 1. The summed E-state index contributed by atoms with van der Waals surface area (Å²) in [5.41, 5.74) is 1.27. The van der Waals surface area contributed by atoms with Crippen molar-refractivity contribution >= 4 is 11.6 Å². The van der Waals surface area contributed by atoms with Crippen molar-refractivity contribution in [1.29, 1.82) is 0 Å². The minimum atomic E-state index is -0.128. The third-order valence-corrected chi connectivity index (χ3v) is 3.17. The van der Waals surface area contributed by atoms with Gasteiger partial charge in [0, 0.05) is 31.8 Å². The zero-order valence-corrected chi connectivity index (χ0v) is 10.7. The number of ether oxygens (including phenoxy) is 1. The second-order valence-electron chi connectivity index (χ2n) is 4.49. The molecule has 0 spiro atoms. The van der Waals surface area contributed by atoms with Gasteiger partial charge in [-0.3, -0.25) is 4.79 Å². The lowest BCUT2D eigenvalue weighted by Crippen LogP contribution is -2.26. The van der Waals surface area contributed by atoms with Crippen molar-refractivity contribution in [2.45, 2.75) is 13.0 Å². The molecule has 1 aromatic heterocycles. The summed E-state index contributed by atoms with van der Waals surface area (Å²) in [4.78, 5) is 13.9. The zero-order valence-electron chi connectivity index (χ0n) is 10.7. The molecule has 0 saturated carbocycles. The van der Waals surface area contributed by atoms with Gasteiger partial charge in [0.25, 0.3) is 5.91 Å². The molecular weight excluding hydrogens is 242 g/mol. The van der Waals surface area contributed by atoms with Gasteiger partial charge in [-0.25, -0.2) is 4.68 Å². The predicted molar refractivity (Wildman–Crippen MR) is 71.5 cm³/mol. The monoisotopic (exact) mass is 257 g/mol. The number of nitrogens with zero attached hydrogens (tertiary/aromatic N) is 3. The number of carbonyl (C=O) groups excluding carboxylic acids is 1. The number of anilines is 1. The summed E-state index contributed by atoms with van der Waals surface area (Å²) in [6, 6.07) is 11.2. The maximum atomic E-state index is 12.4. The van der Waals surface area contributed by atoms with E-state index in [0.717, 1.165) is 18.7 Å². The minimum Gasteiger partial charge on any atom is -0.478 e. The Morgan fingerprint density at radius 2 is 2.16 bits per heavy atom. The number of hydrogen-bond acceptors (Lipinski definition) is 3. The van der Waals surface area contributed by atoms with E-state index in [4.69, 9.17) is 4.74 Å². The van der Waals surface area contributed by atoms with Crippen molar-refractivity contribution in [3.63, 3.8) is 0 Å². The van der Waals surface area contributed by atoms with Crippen LogP contribution >= 0.6 is 0 Å². The molecule has 2 aromatic rings. The largest absolute Gasteiger partial charge is 0.478 e. The van der Waals surface area contributed by atoms with Crippen molar-refractivity contribution in [3.8, 4) is 5.88 Å². The highest BCUT2D eigenvalue weighted by Crippen LogP contribution is 2.21. The Balaban J connectivity index is 1.86. The summed E-state index contributed by atoms with van der Waals surface area (Å²) in [6.07, 6.45) is 0.927. The Morgan fingerprint density at radius 3 is 2.89 bits per heavy atom. The van der Waals surface area contributed by atoms with Crippen LogP contribution in [0.4, 0.5) is 5.69 Å². The van der Waals surface area contributed by atoms with E-state index >= 15 is 0 Å². The zero-order chi connectivity index (χ0) is 13.2. The van der Waals surface area contributed by atoms with Crippen molar-refractivity contribution < 1.29 is 9.53 Å². The standard InChI is InChI=1S/C14H15N3O2/c1-16(11-6-3-2-4-7-11)14(18)12-10-13-17(15-12)8-5-9-19-13/h2-4,6-7,10H,5,8-9H2,1H3. The molecule has 1 aliphatic rings. The van der Waals surface area contributed by atoms with Crippen LogP contribution in [0, 0.1) is 0 Å². The fourth-order valence-electron chi connectivity index (χ4n) is 2.11. The predicted octanol–water partition coefficient (Wildman–Crippen LogP) is 1.94. The number of rotatable bonds is 2. The van der Waals surface area contributed by atoms with E-state index in [9.17, 15) is 4.79 Å². The van der Waals surface area contributed by atoms with Crippen LogP contribution in [0.25, 0.3) is 0 Å². The van der Waals surface area contributed by atoms with Crippen LogP contribution in [0.1, 0.15) is 16.9 Å². The normalized spacial score (nSPS) is 13.5. The van der Waals surface area contributed by atoms with E-state index in [0.29, 0.717) is 18.2 Å². The van der Waals surface area contributed by atoms with Crippen molar-refractivity contribution in [1.82, 2.24) is 9.78 Å². The number of para-hydroxylation sites is 1. The Kier molecular flexibility index (Phi) is 2.95. The van der Waals surface area contributed by atoms with Crippen LogP contribution < -0.4 is 9.64 Å². The Morgan fingerprint density at radius 1 is 1.37 bits per heavy atom. The first-order valence-electron chi connectivity index (χ1n) is 6.29. The molecule has 1 aliphatic heterocycles. The lowest BCUT2D eigenvalue weighted by molar-refractivity contribution is 0.0987. The lowest BCUT2D eigenvalue weighted by atomic mass is 10.3. The molecular formula is C14H15N3O2. The molecule has 0 atom stereocenters. The highest BCUT2D eigenvalue weighted by Gasteiger charge is 2.21. The number of fused-ring (bicyclic) bond motifs is 1. The average Bonchev–Trinajstić information content (AvgIpc) is 2.90. The Bertz CT molecular complexity index is 568. The number of aryl methyl sites for hydroxylation is 1. The molecule has 0 aliphatic carbocycles. The fraction of sp³-hybridized carbons (Fsp3) is 0.286. The number of carbonyl (C=O) groups is 1. The average molecular weight is 257 g/mol. The van der Waals surface area contributed by atoms with Gasteiger partial charge in [-0.05, 0) is 12.1 Å². The molecule has 5 heteroatoms. The molecule has 0 radical (unpaired) electrons. The maximum absolute atomic E-state index is 12.4. The highest BCUT2D eigenvalue weighted by molar-refractivity contribution is 6.04. The van der Waals surface area contributed by atoms with Gasteiger partial charge < -0.3 is 9.64 Å². The fourth-order valence-corrected chi connectivity index (χ4v) is 2.11.